The summed E-state index contributed by atoms with van der Waals surface area (Å²) < 4.78 is 10.7. The lowest BCUT2D eigenvalue weighted by Crippen LogP contribution is -2.06. The number of ether oxygens (including phenoxy) is 2. The second kappa shape index (κ2) is 7.07. The summed E-state index contributed by atoms with van der Waals surface area (Å²) in [7, 11) is 0. The third-order valence-corrected chi connectivity index (χ3v) is 2.00. The van der Waals surface area contributed by atoms with Crippen molar-refractivity contribution in [3.8, 4) is 5.75 Å². The fourth-order valence-corrected chi connectivity index (χ4v) is 1.25. The molecule has 82 valence electrons. The van der Waals surface area contributed by atoms with Gasteiger partial charge in [-0.1, -0.05) is 18.2 Å². The predicted molar refractivity (Wildman–Crippen MR) is 62.3 cm³/mol. The first-order valence-electron chi connectivity index (χ1n) is 5.27. The topological polar surface area (TPSA) is 18.5 Å². The van der Waals surface area contributed by atoms with E-state index in [9.17, 15) is 0 Å². The van der Waals surface area contributed by atoms with Crippen molar-refractivity contribution in [2.75, 3.05) is 19.8 Å². The smallest absolute Gasteiger partial charge is 0.119 e. The van der Waals surface area contributed by atoms with E-state index < -0.39 is 0 Å². The van der Waals surface area contributed by atoms with Crippen molar-refractivity contribution in [1.29, 1.82) is 0 Å². The summed E-state index contributed by atoms with van der Waals surface area (Å²) in [6.45, 7) is 7.66. The maximum atomic E-state index is 5.49. The van der Waals surface area contributed by atoms with Crippen LogP contribution in [0.2, 0.25) is 0 Å². The zero-order chi connectivity index (χ0) is 10.9. The molecule has 0 heterocycles. The van der Waals surface area contributed by atoms with Crippen molar-refractivity contribution in [2.24, 2.45) is 0 Å². The molecule has 0 radical (unpaired) electrons. The minimum atomic E-state index is 0.606. The van der Waals surface area contributed by atoms with Crippen LogP contribution in [0.4, 0.5) is 0 Å². The fourth-order valence-electron chi connectivity index (χ4n) is 1.25. The number of hydrogen-bond acceptors (Lipinski definition) is 2. The highest BCUT2D eigenvalue weighted by Gasteiger charge is 1.94. The molecule has 0 fully saturated rings. The van der Waals surface area contributed by atoms with Crippen LogP contribution >= 0.6 is 0 Å². The molecule has 0 aliphatic heterocycles. The number of allylic oxidation sites excluding steroid dienone is 1. The largest absolute Gasteiger partial charge is 0.491 e. The Hall–Kier alpha value is -1.28. The van der Waals surface area contributed by atoms with Gasteiger partial charge in [0, 0.05) is 6.61 Å². The average molecular weight is 206 g/mol. The molecule has 0 unspecified atom stereocenters. The minimum Gasteiger partial charge on any atom is -0.491 e. The summed E-state index contributed by atoms with van der Waals surface area (Å²) in [5.41, 5.74) is 1.25. The second-order valence-corrected chi connectivity index (χ2v) is 3.18. The fraction of sp³-hybridized carbons (Fsp3) is 0.385. The first kappa shape index (κ1) is 11.8. The van der Waals surface area contributed by atoms with Crippen molar-refractivity contribution >= 4 is 0 Å². The van der Waals surface area contributed by atoms with E-state index in [4.69, 9.17) is 9.47 Å². The van der Waals surface area contributed by atoms with Gasteiger partial charge in [0.2, 0.25) is 0 Å². The molecule has 15 heavy (non-hydrogen) atoms. The van der Waals surface area contributed by atoms with E-state index in [1.807, 2.05) is 25.1 Å². The number of benzene rings is 1. The van der Waals surface area contributed by atoms with Gasteiger partial charge in [0.25, 0.3) is 0 Å². The van der Waals surface area contributed by atoms with Crippen molar-refractivity contribution in [1.82, 2.24) is 0 Å². The molecule has 0 spiro atoms. The molecule has 0 bridgehead atoms. The Morgan fingerprint density at radius 2 is 1.93 bits per heavy atom. The van der Waals surface area contributed by atoms with E-state index in [0.717, 1.165) is 18.8 Å². The van der Waals surface area contributed by atoms with Crippen LogP contribution in [0.15, 0.2) is 36.9 Å². The third kappa shape index (κ3) is 4.66. The molecule has 0 atom stereocenters. The predicted octanol–water partition coefficient (Wildman–Crippen LogP) is 2.83. The first-order chi connectivity index (χ1) is 7.36. The van der Waals surface area contributed by atoms with Crippen molar-refractivity contribution in [3.05, 3.63) is 42.5 Å². The highest BCUT2D eigenvalue weighted by molar-refractivity contribution is 5.28. The normalized spacial score (nSPS) is 9.93. The van der Waals surface area contributed by atoms with Crippen LogP contribution < -0.4 is 4.74 Å². The summed E-state index contributed by atoms with van der Waals surface area (Å²) in [5.74, 6) is 0.891. The summed E-state index contributed by atoms with van der Waals surface area (Å²) in [5, 5.41) is 0. The Balaban J connectivity index is 2.32. The van der Waals surface area contributed by atoms with Gasteiger partial charge in [-0.3, -0.25) is 0 Å². The Labute approximate surface area is 91.5 Å². The molecule has 1 aromatic rings. The van der Waals surface area contributed by atoms with Crippen molar-refractivity contribution < 1.29 is 9.47 Å². The molecule has 0 amide bonds. The monoisotopic (exact) mass is 206 g/mol. The van der Waals surface area contributed by atoms with Crippen LogP contribution in [0.3, 0.4) is 0 Å². The Bertz CT molecular complexity index is 277. The van der Waals surface area contributed by atoms with Gasteiger partial charge >= 0.3 is 0 Å². The minimum absolute atomic E-state index is 0.606. The summed E-state index contributed by atoms with van der Waals surface area (Å²) >= 11 is 0. The lowest BCUT2D eigenvalue weighted by Gasteiger charge is -2.06. The van der Waals surface area contributed by atoms with E-state index >= 15 is 0 Å². The van der Waals surface area contributed by atoms with Gasteiger partial charge in [0.05, 0.1) is 6.61 Å². The molecule has 2 heteroatoms. The average Bonchev–Trinajstić information content (AvgIpc) is 2.27. The van der Waals surface area contributed by atoms with Crippen LogP contribution in [0.1, 0.15) is 12.5 Å². The van der Waals surface area contributed by atoms with Crippen molar-refractivity contribution in [2.45, 2.75) is 13.3 Å². The number of rotatable bonds is 7. The molecule has 2 nitrogen and oxygen atoms in total. The van der Waals surface area contributed by atoms with Gasteiger partial charge in [-0.05, 0) is 31.0 Å². The number of hydrogen-bond donors (Lipinski definition) is 0. The van der Waals surface area contributed by atoms with Crippen LogP contribution in [-0.4, -0.2) is 19.8 Å². The van der Waals surface area contributed by atoms with Gasteiger partial charge < -0.3 is 9.47 Å². The molecule has 1 aromatic carbocycles. The molecule has 0 aliphatic carbocycles. The lowest BCUT2D eigenvalue weighted by atomic mass is 10.1. The summed E-state index contributed by atoms with van der Waals surface area (Å²) in [6, 6.07) is 8.06. The van der Waals surface area contributed by atoms with E-state index in [-0.39, 0.29) is 0 Å². The summed E-state index contributed by atoms with van der Waals surface area (Å²) in [6.07, 6.45) is 2.80. The molecule has 0 aliphatic rings. The van der Waals surface area contributed by atoms with Gasteiger partial charge in [-0.25, -0.2) is 0 Å². The van der Waals surface area contributed by atoms with Crippen molar-refractivity contribution in [3.63, 3.8) is 0 Å². The summed E-state index contributed by atoms with van der Waals surface area (Å²) in [4.78, 5) is 0. The zero-order valence-corrected chi connectivity index (χ0v) is 9.24. The maximum absolute atomic E-state index is 5.49. The van der Waals surface area contributed by atoms with Crippen LogP contribution in [0.25, 0.3) is 0 Å². The van der Waals surface area contributed by atoms with E-state index in [1.54, 1.807) is 0 Å². The van der Waals surface area contributed by atoms with Gasteiger partial charge in [-0.2, -0.15) is 0 Å². The van der Waals surface area contributed by atoms with Crippen LogP contribution in [0.5, 0.6) is 5.75 Å². The highest BCUT2D eigenvalue weighted by Crippen LogP contribution is 2.12. The van der Waals surface area contributed by atoms with E-state index in [2.05, 4.69) is 18.7 Å². The standard InChI is InChI=1S/C13H18O2/c1-3-5-12-6-8-13(9-7-12)15-11-10-14-4-2/h3,6-9H,1,4-5,10-11H2,2H3. The Kier molecular flexibility index (Phi) is 5.56. The molecule has 0 N–H and O–H groups in total. The van der Waals surface area contributed by atoms with Gasteiger partial charge in [0.1, 0.15) is 12.4 Å². The lowest BCUT2D eigenvalue weighted by molar-refractivity contribution is 0.110. The Morgan fingerprint density at radius 1 is 1.20 bits per heavy atom. The third-order valence-electron chi connectivity index (χ3n) is 2.00. The van der Waals surface area contributed by atoms with Crippen LogP contribution in [-0.2, 0) is 11.2 Å². The SMILES string of the molecule is C=CCc1ccc(OCCOCC)cc1. The first-order valence-corrected chi connectivity index (χ1v) is 5.27. The molecular formula is C13H18O2. The quantitative estimate of drug-likeness (QED) is 0.504. The van der Waals surface area contributed by atoms with E-state index in [1.165, 1.54) is 5.56 Å². The molecule has 0 saturated heterocycles. The van der Waals surface area contributed by atoms with Gasteiger partial charge in [0.15, 0.2) is 0 Å². The van der Waals surface area contributed by atoms with E-state index in [0.29, 0.717) is 13.2 Å². The second-order valence-electron chi connectivity index (χ2n) is 3.18. The molecule has 0 aromatic heterocycles. The maximum Gasteiger partial charge on any atom is 0.119 e. The Morgan fingerprint density at radius 3 is 2.53 bits per heavy atom. The van der Waals surface area contributed by atoms with Crippen LogP contribution in [0, 0.1) is 0 Å². The zero-order valence-electron chi connectivity index (χ0n) is 9.24. The highest BCUT2D eigenvalue weighted by atomic mass is 16.5. The molecule has 0 saturated carbocycles. The molecular weight excluding hydrogens is 188 g/mol. The molecule has 1 rings (SSSR count). The van der Waals surface area contributed by atoms with Gasteiger partial charge in [-0.15, -0.1) is 6.58 Å².